The van der Waals surface area contributed by atoms with Crippen LogP contribution in [0.3, 0.4) is 0 Å². The summed E-state index contributed by atoms with van der Waals surface area (Å²) in [4.78, 5) is 19.4. The molecule has 0 N–H and O–H groups in total. The number of benzene rings is 2. The topological polar surface area (TPSA) is 77.7 Å². The molecule has 0 aliphatic carbocycles. The van der Waals surface area contributed by atoms with Gasteiger partial charge in [-0.2, -0.15) is 4.98 Å². The molecule has 1 atom stereocenters. The summed E-state index contributed by atoms with van der Waals surface area (Å²) < 4.78 is 29.9. The van der Waals surface area contributed by atoms with Gasteiger partial charge < -0.3 is 18.9 Å². The van der Waals surface area contributed by atoms with Crippen molar-refractivity contribution in [1.82, 2.24) is 15.0 Å². The van der Waals surface area contributed by atoms with Crippen molar-refractivity contribution in [3.8, 4) is 22.9 Å². The first-order chi connectivity index (χ1) is 15.6. The van der Waals surface area contributed by atoms with Crippen LogP contribution in [-0.4, -0.2) is 40.7 Å². The summed E-state index contributed by atoms with van der Waals surface area (Å²) in [7, 11) is 0. The predicted molar refractivity (Wildman–Crippen MR) is 116 cm³/mol. The summed E-state index contributed by atoms with van der Waals surface area (Å²) in [5, 5.41) is 4.02. The number of nitrogens with zero attached hydrogens (tertiary/aromatic N) is 3. The summed E-state index contributed by atoms with van der Waals surface area (Å²) >= 11 is 0. The molecule has 1 aliphatic rings. The van der Waals surface area contributed by atoms with E-state index in [9.17, 15) is 9.18 Å². The molecule has 3 aromatic rings. The Morgan fingerprint density at radius 2 is 1.88 bits per heavy atom. The van der Waals surface area contributed by atoms with Gasteiger partial charge in [-0.15, -0.1) is 0 Å². The van der Waals surface area contributed by atoms with Crippen LogP contribution in [-0.2, 0) is 11.2 Å². The lowest BCUT2D eigenvalue weighted by atomic mass is 10.1. The fourth-order valence-corrected chi connectivity index (χ4v) is 3.89. The molecule has 1 unspecified atom stereocenters. The van der Waals surface area contributed by atoms with Gasteiger partial charge in [0.2, 0.25) is 17.6 Å². The lowest BCUT2D eigenvalue weighted by molar-refractivity contribution is -0.131. The second-order valence-electron chi connectivity index (χ2n) is 7.53. The van der Waals surface area contributed by atoms with Crippen molar-refractivity contribution in [3.05, 3.63) is 59.7 Å². The number of hydrogen-bond donors (Lipinski definition) is 0. The Morgan fingerprint density at radius 1 is 1.12 bits per heavy atom. The van der Waals surface area contributed by atoms with Gasteiger partial charge in [0.05, 0.1) is 19.6 Å². The number of hydrogen-bond acceptors (Lipinski definition) is 6. The van der Waals surface area contributed by atoms with Crippen molar-refractivity contribution in [3.63, 3.8) is 0 Å². The van der Waals surface area contributed by atoms with Crippen LogP contribution in [0, 0.1) is 5.82 Å². The monoisotopic (exact) mass is 439 g/mol. The third kappa shape index (κ3) is 4.74. The van der Waals surface area contributed by atoms with E-state index in [0.717, 1.165) is 18.4 Å². The Kier molecular flexibility index (Phi) is 6.68. The molecule has 0 radical (unpaired) electrons. The third-order valence-corrected chi connectivity index (χ3v) is 5.37. The quantitative estimate of drug-likeness (QED) is 0.511. The standard InChI is InChI=1S/C24H26FN3O4/c1-3-30-20-12-7-16(14-21(20)31-4-2)15-22(29)28-13-5-6-19(28)24-26-23(27-32-24)17-8-10-18(25)11-9-17/h7-12,14,19H,3-6,13,15H2,1-2H3. The summed E-state index contributed by atoms with van der Waals surface area (Å²) in [6.07, 6.45) is 1.85. The van der Waals surface area contributed by atoms with E-state index in [1.54, 1.807) is 17.0 Å². The van der Waals surface area contributed by atoms with Gasteiger partial charge in [0.15, 0.2) is 11.5 Å². The lowest BCUT2D eigenvalue weighted by Gasteiger charge is -2.22. The third-order valence-electron chi connectivity index (χ3n) is 5.37. The number of likely N-dealkylation sites (tertiary alicyclic amines) is 1. The number of rotatable bonds is 8. The molecule has 1 aromatic heterocycles. The number of halogens is 1. The first kappa shape index (κ1) is 21.8. The normalized spacial score (nSPS) is 15.7. The van der Waals surface area contributed by atoms with Crippen molar-refractivity contribution >= 4 is 5.91 Å². The van der Waals surface area contributed by atoms with E-state index < -0.39 is 0 Å². The Bertz CT molecular complexity index is 1070. The van der Waals surface area contributed by atoms with E-state index in [4.69, 9.17) is 14.0 Å². The summed E-state index contributed by atoms with van der Waals surface area (Å²) in [5.74, 6) is 1.75. The first-order valence-electron chi connectivity index (χ1n) is 10.9. The maximum atomic E-state index is 13.2. The summed E-state index contributed by atoms with van der Waals surface area (Å²) in [6, 6.07) is 11.2. The van der Waals surface area contributed by atoms with Crippen molar-refractivity contribution in [2.24, 2.45) is 0 Å². The SMILES string of the molecule is CCOc1ccc(CC(=O)N2CCCC2c2nc(-c3ccc(F)cc3)no2)cc1OCC. The largest absolute Gasteiger partial charge is 0.490 e. The smallest absolute Gasteiger partial charge is 0.249 e. The lowest BCUT2D eigenvalue weighted by Crippen LogP contribution is -2.32. The molecule has 1 fully saturated rings. The van der Waals surface area contributed by atoms with Crippen LogP contribution in [0.15, 0.2) is 47.0 Å². The van der Waals surface area contributed by atoms with Gasteiger partial charge in [0.1, 0.15) is 11.9 Å². The molecule has 0 spiro atoms. The molecule has 1 amide bonds. The molecule has 2 heterocycles. The number of carbonyl (C=O) groups is 1. The Morgan fingerprint density at radius 3 is 2.62 bits per heavy atom. The number of amides is 1. The number of ether oxygens (including phenoxy) is 2. The van der Waals surface area contributed by atoms with Crippen LogP contribution in [0.5, 0.6) is 11.5 Å². The van der Waals surface area contributed by atoms with E-state index in [1.807, 2.05) is 32.0 Å². The van der Waals surface area contributed by atoms with Gasteiger partial charge in [-0.1, -0.05) is 11.2 Å². The van der Waals surface area contributed by atoms with Crippen LogP contribution < -0.4 is 9.47 Å². The van der Waals surface area contributed by atoms with Gasteiger partial charge in [0, 0.05) is 12.1 Å². The van der Waals surface area contributed by atoms with Crippen LogP contribution >= 0.6 is 0 Å². The zero-order chi connectivity index (χ0) is 22.5. The zero-order valence-electron chi connectivity index (χ0n) is 18.2. The van der Waals surface area contributed by atoms with Gasteiger partial charge in [-0.25, -0.2) is 4.39 Å². The van der Waals surface area contributed by atoms with Crippen LogP contribution in [0.4, 0.5) is 4.39 Å². The van der Waals surface area contributed by atoms with Crippen molar-refractivity contribution < 1.29 is 23.2 Å². The Balaban J connectivity index is 1.48. The number of aromatic nitrogens is 2. The molecule has 7 nitrogen and oxygen atoms in total. The second-order valence-corrected chi connectivity index (χ2v) is 7.53. The molecule has 168 valence electrons. The average Bonchev–Trinajstić information content (AvgIpc) is 3.46. The van der Waals surface area contributed by atoms with E-state index in [-0.39, 0.29) is 24.2 Å². The minimum absolute atomic E-state index is 0.0133. The van der Waals surface area contributed by atoms with Gasteiger partial charge in [-0.3, -0.25) is 4.79 Å². The van der Waals surface area contributed by atoms with Gasteiger partial charge >= 0.3 is 0 Å². The molecule has 8 heteroatoms. The van der Waals surface area contributed by atoms with E-state index in [1.165, 1.54) is 12.1 Å². The van der Waals surface area contributed by atoms with Crippen molar-refractivity contribution in [1.29, 1.82) is 0 Å². The Labute approximate surface area is 186 Å². The van der Waals surface area contributed by atoms with Crippen molar-refractivity contribution in [2.75, 3.05) is 19.8 Å². The highest BCUT2D eigenvalue weighted by Gasteiger charge is 2.34. The molecule has 1 aliphatic heterocycles. The zero-order valence-corrected chi connectivity index (χ0v) is 18.2. The highest BCUT2D eigenvalue weighted by Crippen LogP contribution is 2.33. The second kappa shape index (κ2) is 9.80. The molecule has 0 saturated carbocycles. The number of carbonyl (C=O) groups excluding carboxylic acids is 1. The molecule has 1 saturated heterocycles. The van der Waals surface area contributed by atoms with Gasteiger partial charge in [0.25, 0.3) is 0 Å². The Hall–Kier alpha value is -3.42. The fourth-order valence-electron chi connectivity index (χ4n) is 3.89. The molecule has 4 rings (SSSR count). The van der Waals surface area contributed by atoms with Crippen LogP contribution in [0.1, 0.15) is 44.2 Å². The minimum atomic E-state index is -0.327. The van der Waals surface area contributed by atoms with Crippen LogP contribution in [0.25, 0.3) is 11.4 Å². The first-order valence-corrected chi connectivity index (χ1v) is 10.9. The summed E-state index contributed by atoms with van der Waals surface area (Å²) in [5.41, 5.74) is 1.51. The predicted octanol–water partition coefficient (Wildman–Crippen LogP) is 4.58. The maximum Gasteiger partial charge on any atom is 0.249 e. The molecule has 32 heavy (non-hydrogen) atoms. The fraction of sp³-hybridized carbons (Fsp3) is 0.375. The highest BCUT2D eigenvalue weighted by atomic mass is 19.1. The molecular weight excluding hydrogens is 413 g/mol. The highest BCUT2D eigenvalue weighted by molar-refractivity contribution is 5.79. The van der Waals surface area contributed by atoms with E-state index in [2.05, 4.69) is 10.1 Å². The summed E-state index contributed by atoms with van der Waals surface area (Å²) in [6.45, 7) is 5.51. The maximum absolute atomic E-state index is 13.2. The van der Waals surface area contributed by atoms with E-state index >= 15 is 0 Å². The average molecular weight is 439 g/mol. The van der Waals surface area contributed by atoms with Crippen molar-refractivity contribution in [2.45, 2.75) is 39.2 Å². The molecule has 2 aromatic carbocycles. The molecular formula is C24H26FN3O4. The minimum Gasteiger partial charge on any atom is -0.490 e. The van der Waals surface area contributed by atoms with E-state index in [0.29, 0.717) is 48.5 Å². The van der Waals surface area contributed by atoms with Gasteiger partial charge in [-0.05, 0) is 68.7 Å². The molecule has 0 bridgehead atoms. The van der Waals surface area contributed by atoms with Crippen LogP contribution in [0.2, 0.25) is 0 Å².